The highest BCUT2D eigenvalue weighted by Crippen LogP contribution is 2.33. The number of aliphatic imine (C=N–C) groups is 1. The van der Waals surface area contributed by atoms with Crippen molar-refractivity contribution >= 4 is 34.3 Å². The molecular weight excluding hydrogens is 435 g/mol. The standard InChI is InChI=1S/C22H27FN4O4S/c1-15(28)24-12-17-13-27(21(29)31-17)16-3-4-18(19(23)11-16)22(2)6-5-20(25-14-22)26-7-9-32(30)10-8-26/h3-6,11,17H,7-10,12-14H2,1-2H3,(H,24,28). The molecule has 2 fully saturated rings. The number of cyclic esters (lactones) is 1. The van der Waals surface area contributed by atoms with Crippen molar-refractivity contribution in [2.24, 2.45) is 4.99 Å². The van der Waals surface area contributed by atoms with E-state index in [4.69, 9.17) is 4.74 Å². The van der Waals surface area contributed by atoms with Crippen LogP contribution in [0.25, 0.3) is 0 Å². The highest BCUT2D eigenvalue weighted by Gasteiger charge is 2.35. The second-order valence-corrected chi connectivity index (χ2v) is 10.2. The Kier molecular flexibility index (Phi) is 6.32. The summed E-state index contributed by atoms with van der Waals surface area (Å²) < 4.78 is 32.0. The van der Waals surface area contributed by atoms with Gasteiger partial charge in [0.2, 0.25) is 5.91 Å². The number of dihydropyridines is 1. The third kappa shape index (κ3) is 4.69. The molecule has 4 rings (SSSR count). The molecule has 2 unspecified atom stereocenters. The lowest BCUT2D eigenvalue weighted by Gasteiger charge is -2.33. The number of carbonyl (C=O) groups excluding carboxylic acids is 2. The normalized spacial score (nSPS) is 26.2. The predicted octanol–water partition coefficient (Wildman–Crippen LogP) is 1.58. The number of hydrogen-bond donors (Lipinski definition) is 1. The lowest BCUT2D eigenvalue weighted by Crippen LogP contribution is -2.43. The van der Waals surface area contributed by atoms with Gasteiger partial charge in [-0.25, -0.2) is 9.18 Å². The molecule has 2 saturated heterocycles. The lowest BCUT2D eigenvalue weighted by molar-refractivity contribution is -0.119. The van der Waals surface area contributed by atoms with Crippen LogP contribution in [-0.2, 0) is 25.7 Å². The van der Waals surface area contributed by atoms with Crippen LogP contribution in [0.5, 0.6) is 0 Å². The third-order valence-corrected chi connectivity index (χ3v) is 7.28. The summed E-state index contributed by atoms with van der Waals surface area (Å²) in [6.07, 6.45) is 2.84. The summed E-state index contributed by atoms with van der Waals surface area (Å²) in [5.41, 5.74) is 0.308. The topological polar surface area (TPSA) is 91.3 Å². The van der Waals surface area contributed by atoms with Crippen molar-refractivity contribution in [3.05, 3.63) is 41.7 Å². The molecule has 1 aromatic rings. The fraction of sp³-hybridized carbons (Fsp3) is 0.500. The Morgan fingerprint density at radius 2 is 2.12 bits per heavy atom. The summed E-state index contributed by atoms with van der Waals surface area (Å²) in [5, 5.41) is 2.62. The van der Waals surface area contributed by atoms with Gasteiger partial charge in [0.1, 0.15) is 17.8 Å². The van der Waals surface area contributed by atoms with Gasteiger partial charge in [-0.15, -0.1) is 0 Å². The van der Waals surface area contributed by atoms with Crippen molar-refractivity contribution in [2.45, 2.75) is 25.4 Å². The van der Waals surface area contributed by atoms with Gasteiger partial charge in [0.05, 0.1) is 25.3 Å². The van der Waals surface area contributed by atoms with Crippen LogP contribution in [0, 0.1) is 5.82 Å². The zero-order chi connectivity index (χ0) is 22.9. The first-order chi connectivity index (χ1) is 15.2. The average Bonchev–Trinajstić information content (AvgIpc) is 3.14. The first-order valence-electron chi connectivity index (χ1n) is 10.6. The van der Waals surface area contributed by atoms with Crippen molar-refractivity contribution in [2.75, 3.05) is 49.1 Å². The SMILES string of the molecule is CC(=O)NCC1CN(c2ccc(C3(C)C=CC(N4CCS(=O)CC4)=NC3)c(F)c2)C(=O)O1. The number of nitrogens with zero attached hydrogens (tertiary/aromatic N) is 3. The molecule has 0 aliphatic carbocycles. The molecule has 32 heavy (non-hydrogen) atoms. The molecule has 0 bridgehead atoms. The number of nitrogens with one attached hydrogen (secondary N) is 1. The number of benzene rings is 1. The quantitative estimate of drug-likeness (QED) is 0.734. The van der Waals surface area contributed by atoms with Gasteiger partial charge >= 0.3 is 6.09 Å². The Hall–Kier alpha value is -2.75. The summed E-state index contributed by atoms with van der Waals surface area (Å²) in [6.45, 7) is 5.61. The molecule has 2 atom stereocenters. The first-order valence-corrected chi connectivity index (χ1v) is 12.1. The van der Waals surface area contributed by atoms with Gasteiger partial charge in [0.25, 0.3) is 0 Å². The van der Waals surface area contributed by atoms with Crippen molar-refractivity contribution < 1.29 is 22.9 Å². The molecule has 2 amide bonds. The zero-order valence-electron chi connectivity index (χ0n) is 18.2. The number of amidine groups is 1. The van der Waals surface area contributed by atoms with Crippen LogP contribution in [0.1, 0.15) is 19.4 Å². The molecule has 0 aromatic heterocycles. The van der Waals surface area contributed by atoms with Crippen LogP contribution < -0.4 is 10.2 Å². The Labute approximate surface area is 189 Å². The minimum absolute atomic E-state index is 0.204. The van der Waals surface area contributed by atoms with E-state index in [0.29, 0.717) is 42.4 Å². The second kappa shape index (κ2) is 9.01. The lowest BCUT2D eigenvalue weighted by atomic mass is 9.80. The molecule has 0 saturated carbocycles. The maximum atomic E-state index is 15.1. The maximum Gasteiger partial charge on any atom is 0.414 e. The molecule has 3 aliphatic rings. The van der Waals surface area contributed by atoms with E-state index in [-0.39, 0.29) is 19.0 Å². The van der Waals surface area contributed by atoms with Gasteiger partial charge in [-0.1, -0.05) is 19.1 Å². The first kappa shape index (κ1) is 22.4. The van der Waals surface area contributed by atoms with Crippen molar-refractivity contribution in [1.82, 2.24) is 10.2 Å². The summed E-state index contributed by atoms with van der Waals surface area (Å²) in [4.78, 5) is 31.5. The van der Waals surface area contributed by atoms with E-state index < -0.39 is 34.2 Å². The van der Waals surface area contributed by atoms with E-state index >= 15 is 4.39 Å². The number of carbonyl (C=O) groups is 2. The Bertz CT molecular complexity index is 1000. The minimum Gasteiger partial charge on any atom is -0.442 e. The van der Waals surface area contributed by atoms with Gasteiger partial charge in [-0.2, -0.15) is 0 Å². The average molecular weight is 463 g/mol. The zero-order valence-corrected chi connectivity index (χ0v) is 19.0. The van der Waals surface area contributed by atoms with Crippen LogP contribution in [0.2, 0.25) is 0 Å². The second-order valence-electron chi connectivity index (χ2n) is 8.48. The Balaban J connectivity index is 1.44. The summed E-state index contributed by atoms with van der Waals surface area (Å²) in [7, 11) is -0.751. The molecule has 10 heteroatoms. The van der Waals surface area contributed by atoms with Gasteiger partial charge in [-0.05, 0) is 23.8 Å². The van der Waals surface area contributed by atoms with Crippen molar-refractivity contribution in [3.63, 3.8) is 0 Å². The monoisotopic (exact) mass is 462 g/mol. The maximum absolute atomic E-state index is 15.1. The Morgan fingerprint density at radius 3 is 2.75 bits per heavy atom. The molecular formula is C22H27FN4O4S. The fourth-order valence-electron chi connectivity index (χ4n) is 4.09. The summed E-state index contributed by atoms with van der Waals surface area (Å²) >= 11 is 0. The van der Waals surface area contributed by atoms with Crippen LogP contribution in [0.4, 0.5) is 14.9 Å². The number of ether oxygens (including phenoxy) is 1. The number of rotatable bonds is 4. The molecule has 3 aliphatic heterocycles. The van der Waals surface area contributed by atoms with Crippen LogP contribution in [0.15, 0.2) is 35.3 Å². The number of anilines is 1. The van der Waals surface area contributed by atoms with Crippen molar-refractivity contribution in [3.8, 4) is 0 Å². The van der Waals surface area contributed by atoms with E-state index in [1.807, 2.05) is 19.1 Å². The van der Waals surface area contributed by atoms with Crippen LogP contribution in [0.3, 0.4) is 0 Å². The van der Waals surface area contributed by atoms with Gasteiger partial charge < -0.3 is 15.0 Å². The predicted molar refractivity (Wildman–Crippen MR) is 121 cm³/mol. The minimum atomic E-state index is -0.751. The fourth-order valence-corrected chi connectivity index (χ4v) is 5.14. The van der Waals surface area contributed by atoms with Gasteiger partial charge in [0, 0.05) is 47.7 Å². The van der Waals surface area contributed by atoms with Crippen molar-refractivity contribution in [1.29, 1.82) is 0 Å². The molecule has 8 nitrogen and oxygen atoms in total. The molecule has 1 N–H and O–H groups in total. The van der Waals surface area contributed by atoms with Gasteiger partial charge in [-0.3, -0.25) is 18.9 Å². The molecule has 3 heterocycles. The third-order valence-electron chi connectivity index (χ3n) is 6.00. The van der Waals surface area contributed by atoms with Crippen LogP contribution in [-0.4, -0.2) is 77.3 Å². The molecule has 0 radical (unpaired) electrons. The summed E-state index contributed by atoms with van der Waals surface area (Å²) in [6, 6.07) is 4.74. The summed E-state index contributed by atoms with van der Waals surface area (Å²) in [5.74, 6) is 1.51. The van der Waals surface area contributed by atoms with E-state index in [2.05, 4.69) is 15.2 Å². The highest BCUT2D eigenvalue weighted by atomic mass is 32.2. The van der Waals surface area contributed by atoms with E-state index in [0.717, 1.165) is 5.84 Å². The largest absolute Gasteiger partial charge is 0.442 e. The van der Waals surface area contributed by atoms with Gasteiger partial charge in [0.15, 0.2) is 0 Å². The smallest absolute Gasteiger partial charge is 0.414 e. The highest BCUT2D eigenvalue weighted by molar-refractivity contribution is 7.85. The van der Waals surface area contributed by atoms with E-state index in [9.17, 15) is 13.8 Å². The Morgan fingerprint density at radius 1 is 1.38 bits per heavy atom. The molecule has 172 valence electrons. The number of halogens is 1. The molecule has 1 aromatic carbocycles. The number of amides is 2. The number of hydrogen-bond acceptors (Lipinski definition) is 6. The van der Waals surface area contributed by atoms with E-state index in [1.54, 1.807) is 12.1 Å². The molecule has 0 spiro atoms. The van der Waals surface area contributed by atoms with Crippen LogP contribution >= 0.6 is 0 Å². The van der Waals surface area contributed by atoms with E-state index in [1.165, 1.54) is 17.9 Å².